The number of benzene rings is 1. The molecule has 0 radical (unpaired) electrons. The lowest BCUT2D eigenvalue weighted by Crippen LogP contribution is -2.02. The lowest BCUT2D eigenvalue weighted by atomic mass is 10.1. The van der Waals surface area contributed by atoms with Crippen LogP contribution in [-0.2, 0) is 0 Å². The summed E-state index contributed by atoms with van der Waals surface area (Å²) in [5.41, 5.74) is 0.410. The van der Waals surface area contributed by atoms with Gasteiger partial charge in [0.05, 0.1) is 13.7 Å². The summed E-state index contributed by atoms with van der Waals surface area (Å²) in [5, 5.41) is 0.312. The Bertz CT molecular complexity index is 442. The third-order valence-electron chi connectivity index (χ3n) is 2.30. The second kappa shape index (κ2) is 4.22. The highest BCUT2D eigenvalue weighted by Gasteiger charge is 2.30. The Balaban J connectivity index is 2.61. The quantitative estimate of drug-likeness (QED) is 0.816. The highest BCUT2D eigenvalue weighted by Crippen LogP contribution is 2.45. The van der Waals surface area contributed by atoms with Gasteiger partial charge in [-0.05, 0) is 6.92 Å². The molecule has 0 N–H and O–H groups in total. The predicted molar refractivity (Wildman–Crippen MR) is 59.0 cm³/mol. The molecular formula is C11H11ClO4. The Morgan fingerprint density at radius 1 is 1.50 bits per heavy atom. The summed E-state index contributed by atoms with van der Waals surface area (Å²) in [6, 6.07) is 1.61. The number of hydrogen-bond donors (Lipinski definition) is 0. The van der Waals surface area contributed by atoms with Gasteiger partial charge in [0.15, 0.2) is 12.4 Å². The largest absolute Gasteiger partial charge is 0.495 e. The zero-order valence-electron chi connectivity index (χ0n) is 9.00. The van der Waals surface area contributed by atoms with Gasteiger partial charge in [0.25, 0.3) is 0 Å². The van der Waals surface area contributed by atoms with Crippen LogP contribution in [0.2, 0.25) is 5.02 Å². The first-order valence-electron chi connectivity index (χ1n) is 4.88. The minimum Gasteiger partial charge on any atom is -0.495 e. The van der Waals surface area contributed by atoms with E-state index in [1.807, 2.05) is 6.92 Å². The van der Waals surface area contributed by atoms with E-state index in [2.05, 4.69) is 0 Å². The predicted octanol–water partition coefficient (Wildman–Crippen LogP) is 2.32. The number of ether oxygens (including phenoxy) is 3. The van der Waals surface area contributed by atoms with Gasteiger partial charge in [0.2, 0.25) is 5.78 Å². The van der Waals surface area contributed by atoms with E-state index in [9.17, 15) is 4.79 Å². The van der Waals surface area contributed by atoms with Crippen LogP contribution in [0.1, 0.15) is 17.3 Å². The van der Waals surface area contributed by atoms with E-state index < -0.39 is 0 Å². The molecule has 1 aromatic rings. The van der Waals surface area contributed by atoms with Crippen LogP contribution in [0.4, 0.5) is 0 Å². The van der Waals surface area contributed by atoms with Crippen molar-refractivity contribution in [3.8, 4) is 17.2 Å². The van der Waals surface area contributed by atoms with E-state index in [0.29, 0.717) is 34.4 Å². The summed E-state index contributed by atoms with van der Waals surface area (Å²) < 4.78 is 15.7. The normalized spacial score (nSPS) is 13.3. The van der Waals surface area contributed by atoms with Gasteiger partial charge in [-0.2, -0.15) is 0 Å². The van der Waals surface area contributed by atoms with Gasteiger partial charge in [0.1, 0.15) is 22.1 Å². The van der Waals surface area contributed by atoms with Gasteiger partial charge in [-0.3, -0.25) is 4.79 Å². The second-order valence-corrected chi connectivity index (χ2v) is 3.62. The monoisotopic (exact) mass is 242 g/mol. The van der Waals surface area contributed by atoms with E-state index in [-0.39, 0.29) is 12.4 Å². The Morgan fingerprint density at radius 3 is 2.88 bits per heavy atom. The molecule has 0 saturated carbocycles. The van der Waals surface area contributed by atoms with E-state index in [1.165, 1.54) is 7.11 Å². The van der Waals surface area contributed by atoms with E-state index >= 15 is 0 Å². The summed E-state index contributed by atoms with van der Waals surface area (Å²) in [4.78, 5) is 11.6. The van der Waals surface area contributed by atoms with Crippen LogP contribution in [0, 0.1) is 0 Å². The molecule has 1 aromatic carbocycles. The Kier molecular flexibility index (Phi) is 2.92. The molecule has 0 saturated heterocycles. The van der Waals surface area contributed by atoms with Crippen LogP contribution in [0.25, 0.3) is 0 Å². The van der Waals surface area contributed by atoms with E-state index in [0.717, 1.165) is 0 Å². The number of fused-ring (bicyclic) bond motifs is 1. The number of ketones is 1. The first kappa shape index (κ1) is 11.1. The number of carbonyl (C=O) groups excluding carboxylic acids is 1. The number of rotatable bonds is 3. The Hall–Kier alpha value is -1.42. The SMILES string of the molecule is CCOc1cc(OC)c(Cl)c2c1C(=O)CO2. The third kappa shape index (κ3) is 1.59. The van der Waals surface area contributed by atoms with Crippen molar-refractivity contribution in [1.29, 1.82) is 0 Å². The summed E-state index contributed by atoms with van der Waals surface area (Å²) in [7, 11) is 1.50. The minimum atomic E-state index is -0.122. The second-order valence-electron chi connectivity index (χ2n) is 3.24. The Morgan fingerprint density at radius 2 is 2.25 bits per heavy atom. The van der Waals surface area contributed by atoms with Gasteiger partial charge in [0, 0.05) is 6.07 Å². The zero-order chi connectivity index (χ0) is 11.7. The van der Waals surface area contributed by atoms with Crippen LogP contribution >= 0.6 is 11.6 Å². The van der Waals surface area contributed by atoms with Crippen molar-refractivity contribution in [2.24, 2.45) is 0 Å². The summed E-state index contributed by atoms with van der Waals surface area (Å²) >= 11 is 6.03. The standard InChI is InChI=1S/C11H11ClO4/c1-3-15-7-4-8(14-2)10(12)11-9(7)6(13)5-16-11/h4H,3,5H2,1-2H3. The van der Waals surface area contributed by atoms with Crippen LogP contribution in [0.5, 0.6) is 17.2 Å². The van der Waals surface area contributed by atoms with Gasteiger partial charge in [-0.15, -0.1) is 0 Å². The highest BCUT2D eigenvalue weighted by atomic mass is 35.5. The van der Waals surface area contributed by atoms with Crippen molar-refractivity contribution < 1.29 is 19.0 Å². The van der Waals surface area contributed by atoms with Crippen molar-refractivity contribution >= 4 is 17.4 Å². The number of methoxy groups -OCH3 is 1. The fourth-order valence-corrected chi connectivity index (χ4v) is 1.90. The summed E-state index contributed by atoms with van der Waals surface area (Å²) in [6.45, 7) is 2.31. The molecule has 0 fully saturated rings. The molecule has 2 rings (SSSR count). The molecule has 1 aliphatic heterocycles. The van der Waals surface area contributed by atoms with Gasteiger partial charge in [-0.1, -0.05) is 11.6 Å². The van der Waals surface area contributed by atoms with E-state index in [4.69, 9.17) is 25.8 Å². The van der Waals surface area contributed by atoms with Gasteiger partial charge in [-0.25, -0.2) is 0 Å². The molecule has 0 unspecified atom stereocenters. The maximum Gasteiger partial charge on any atom is 0.207 e. The molecule has 0 aromatic heterocycles. The highest BCUT2D eigenvalue weighted by molar-refractivity contribution is 6.34. The van der Waals surface area contributed by atoms with Crippen LogP contribution in [-0.4, -0.2) is 26.1 Å². The zero-order valence-corrected chi connectivity index (χ0v) is 9.76. The number of carbonyl (C=O) groups is 1. The van der Waals surface area contributed by atoms with Crippen molar-refractivity contribution in [1.82, 2.24) is 0 Å². The average Bonchev–Trinajstić information content (AvgIpc) is 2.66. The topological polar surface area (TPSA) is 44.8 Å². The molecule has 4 nitrogen and oxygen atoms in total. The summed E-state index contributed by atoms with van der Waals surface area (Å²) in [5.74, 6) is 1.14. The Labute approximate surface area is 98.1 Å². The average molecular weight is 243 g/mol. The molecule has 1 heterocycles. The molecule has 0 spiro atoms. The maximum absolute atomic E-state index is 11.6. The third-order valence-corrected chi connectivity index (χ3v) is 2.66. The molecule has 0 aliphatic carbocycles. The van der Waals surface area contributed by atoms with Crippen molar-refractivity contribution in [3.05, 3.63) is 16.7 Å². The fourth-order valence-electron chi connectivity index (χ4n) is 1.62. The summed E-state index contributed by atoms with van der Waals surface area (Å²) in [6.07, 6.45) is 0. The minimum absolute atomic E-state index is 0.00228. The maximum atomic E-state index is 11.6. The number of hydrogen-bond acceptors (Lipinski definition) is 4. The van der Waals surface area contributed by atoms with Gasteiger partial charge < -0.3 is 14.2 Å². The molecular weight excluding hydrogens is 232 g/mol. The molecule has 0 amide bonds. The van der Waals surface area contributed by atoms with Crippen LogP contribution < -0.4 is 14.2 Å². The lowest BCUT2D eigenvalue weighted by Gasteiger charge is -2.11. The first-order valence-corrected chi connectivity index (χ1v) is 5.26. The molecule has 5 heteroatoms. The molecule has 16 heavy (non-hydrogen) atoms. The van der Waals surface area contributed by atoms with Crippen molar-refractivity contribution in [2.45, 2.75) is 6.92 Å². The molecule has 86 valence electrons. The molecule has 1 aliphatic rings. The van der Waals surface area contributed by atoms with Gasteiger partial charge >= 0.3 is 0 Å². The van der Waals surface area contributed by atoms with Crippen LogP contribution in [0.15, 0.2) is 6.07 Å². The van der Waals surface area contributed by atoms with Crippen LogP contribution in [0.3, 0.4) is 0 Å². The smallest absolute Gasteiger partial charge is 0.207 e. The number of halogens is 1. The molecule has 0 atom stereocenters. The van der Waals surface area contributed by atoms with Crippen molar-refractivity contribution in [2.75, 3.05) is 20.3 Å². The fraction of sp³-hybridized carbons (Fsp3) is 0.364. The molecule has 0 bridgehead atoms. The van der Waals surface area contributed by atoms with E-state index in [1.54, 1.807) is 6.07 Å². The number of Topliss-reactive ketones (excluding diaryl/α,β-unsaturated/α-hetero) is 1. The first-order chi connectivity index (χ1) is 7.69. The van der Waals surface area contributed by atoms with Crippen molar-refractivity contribution in [3.63, 3.8) is 0 Å². The lowest BCUT2D eigenvalue weighted by molar-refractivity contribution is 0.0959.